The molecule has 0 bridgehead atoms. The Morgan fingerprint density at radius 1 is 1.10 bits per heavy atom. The molecule has 3 rings (SSSR count). The smallest absolute Gasteiger partial charge is 0.181 e. The molecule has 1 aromatic heterocycles. The topological polar surface area (TPSA) is 38.7 Å². The molecule has 0 aliphatic carbocycles. The second-order valence-corrected chi connectivity index (χ2v) is 5.53. The van der Waals surface area contributed by atoms with Crippen LogP contribution in [-0.2, 0) is 0 Å². The number of rotatable bonds is 4. The number of aromatic hydroxyl groups is 1. The minimum Gasteiger partial charge on any atom is -0.508 e. The fourth-order valence-electron chi connectivity index (χ4n) is 2.02. The van der Waals surface area contributed by atoms with E-state index in [4.69, 9.17) is 9.47 Å². The average molecular weight is 298 g/mol. The summed E-state index contributed by atoms with van der Waals surface area (Å²) >= 11 is 1.60. The summed E-state index contributed by atoms with van der Waals surface area (Å²) in [5, 5.41) is 11.6. The van der Waals surface area contributed by atoms with Gasteiger partial charge in [0.25, 0.3) is 0 Å². The van der Waals surface area contributed by atoms with Crippen molar-refractivity contribution in [3.63, 3.8) is 0 Å². The molecular formula is C17H14O3S. The zero-order valence-electron chi connectivity index (χ0n) is 11.4. The Morgan fingerprint density at radius 3 is 2.76 bits per heavy atom. The summed E-state index contributed by atoms with van der Waals surface area (Å²) in [6, 6.07) is 15.2. The summed E-state index contributed by atoms with van der Waals surface area (Å²) in [6.07, 6.45) is 3.39. The number of hydrogen-bond acceptors (Lipinski definition) is 4. The Kier molecular flexibility index (Phi) is 3.79. The van der Waals surface area contributed by atoms with Crippen molar-refractivity contribution >= 4 is 27.5 Å². The molecule has 0 spiro atoms. The Balaban J connectivity index is 1.76. The Labute approximate surface area is 126 Å². The van der Waals surface area contributed by atoms with Gasteiger partial charge in [-0.2, -0.15) is 0 Å². The van der Waals surface area contributed by atoms with Gasteiger partial charge in [-0.25, -0.2) is 0 Å². The van der Waals surface area contributed by atoms with Gasteiger partial charge in [0.2, 0.25) is 0 Å². The fourth-order valence-corrected chi connectivity index (χ4v) is 2.91. The largest absolute Gasteiger partial charge is 0.508 e. The van der Waals surface area contributed by atoms with Crippen LogP contribution in [0.5, 0.6) is 16.6 Å². The Hall–Kier alpha value is -2.46. The van der Waals surface area contributed by atoms with Crippen molar-refractivity contribution in [3.8, 4) is 16.6 Å². The van der Waals surface area contributed by atoms with Crippen LogP contribution in [0.4, 0.5) is 0 Å². The van der Waals surface area contributed by atoms with E-state index in [1.807, 2.05) is 24.3 Å². The van der Waals surface area contributed by atoms with Gasteiger partial charge in [0, 0.05) is 16.8 Å². The van der Waals surface area contributed by atoms with E-state index in [9.17, 15) is 5.11 Å². The lowest BCUT2D eigenvalue weighted by Gasteiger charge is -2.02. The van der Waals surface area contributed by atoms with Crippen molar-refractivity contribution in [1.29, 1.82) is 0 Å². The number of phenolic OH excluding ortho intramolecular Hbond substituents is 1. The van der Waals surface area contributed by atoms with E-state index in [0.717, 1.165) is 10.6 Å². The molecule has 0 saturated heterocycles. The van der Waals surface area contributed by atoms with Crippen LogP contribution in [0.2, 0.25) is 0 Å². The van der Waals surface area contributed by atoms with Gasteiger partial charge >= 0.3 is 0 Å². The van der Waals surface area contributed by atoms with Gasteiger partial charge in [0.1, 0.15) is 11.5 Å². The van der Waals surface area contributed by atoms with Crippen molar-refractivity contribution in [2.24, 2.45) is 0 Å². The standard InChI is InChI=1S/C17H14O3S/c1-19-15-9-12(8-14(18)11-15)6-7-20-17-10-13-4-2-3-5-16(13)21-17/h2-11,18H,1H3. The van der Waals surface area contributed by atoms with E-state index in [1.54, 1.807) is 42.9 Å². The molecule has 21 heavy (non-hydrogen) atoms. The third kappa shape index (κ3) is 3.17. The first-order valence-corrected chi connectivity index (χ1v) is 7.26. The normalized spacial score (nSPS) is 11.1. The second kappa shape index (κ2) is 5.89. The van der Waals surface area contributed by atoms with Crippen molar-refractivity contribution in [1.82, 2.24) is 0 Å². The summed E-state index contributed by atoms with van der Waals surface area (Å²) in [6.45, 7) is 0. The summed E-state index contributed by atoms with van der Waals surface area (Å²) < 4.78 is 11.9. The van der Waals surface area contributed by atoms with Crippen LogP contribution in [0.25, 0.3) is 16.2 Å². The van der Waals surface area contributed by atoms with Crippen molar-refractivity contribution in [2.75, 3.05) is 7.11 Å². The highest BCUT2D eigenvalue weighted by atomic mass is 32.1. The monoisotopic (exact) mass is 298 g/mol. The van der Waals surface area contributed by atoms with E-state index < -0.39 is 0 Å². The quantitative estimate of drug-likeness (QED) is 0.712. The lowest BCUT2D eigenvalue weighted by molar-refractivity contribution is 0.407. The third-order valence-electron chi connectivity index (χ3n) is 3.00. The fraction of sp³-hybridized carbons (Fsp3) is 0.0588. The van der Waals surface area contributed by atoms with E-state index >= 15 is 0 Å². The maximum Gasteiger partial charge on any atom is 0.181 e. The molecule has 0 atom stereocenters. The number of ether oxygens (including phenoxy) is 2. The van der Waals surface area contributed by atoms with Gasteiger partial charge in [0.05, 0.1) is 13.4 Å². The molecule has 0 aliphatic rings. The van der Waals surface area contributed by atoms with Crippen LogP contribution < -0.4 is 9.47 Å². The maximum absolute atomic E-state index is 9.58. The van der Waals surface area contributed by atoms with Crippen LogP contribution in [0.3, 0.4) is 0 Å². The van der Waals surface area contributed by atoms with E-state index in [0.29, 0.717) is 5.75 Å². The number of thiophene rings is 1. The van der Waals surface area contributed by atoms with E-state index in [1.165, 1.54) is 10.1 Å². The van der Waals surface area contributed by atoms with Crippen LogP contribution >= 0.6 is 11.3 Å². The molecule has 4 heteroatoms. The minimum atomic E-state index is 0.163. The molecule has 0 amide bonds. The Bertz CT molecular complexity index is 757. The average Bonchev–Trinajstić information content (AvgIpc) is 2.89. The Morgan fingerprint density at radius 2 is 1.95 bits per heavy atom. The summed E-state index contributed by atoms with van der Waals surface area (Å²) in [7, 11) is 1.57. The molecule has 2 aromatic carbocycles. The predicted molar refractivity (Wildman–Crippen MR) is 86.1 cm³/mol. The summed E-state index contributed by atoms with van der Waals surface area (Å²) in [5.41, 5.74) is 0.813. The van der Waals surface area contributed by atoms with Crippen molar-refractivity contribution < 1.29 is 14.6 Å². The van der Waals surface area contributed by atoms with Crippen LogP contribution in [-0.4, -0.2) is 12.2 Å². The zero-order chi connectivity index (χ0) is 14.7. The molecule has 1 heterocycles. The molecular weight excluding hydrogens is 284 g/mol. The highest BCUT2D eigenvalue weighted by molar-refractivity contribution is 7.20. The van der Waals surface area contributed by atoms with Gasteiger partial charge in [-0.1, -0.05) is 29.5 Å². The number of fused-ring (bicyclic) bond motifs is 1. The lowest BCUT2D eigenvalue weighted by atomic mass is 10.2. The van der Waals surface area contributed by atoms with E-state index in [2.05, 4.69) is 12.1 Å². The summed E-state index contributed by atoms with van der Waals surface area (Å²) in [4.78, 5) is 0. The first-order chi connectivity index (χ1) is 10.2. The molecule has 1 N–H and O–H groups in total. The first-order valence-electron chi connectivity index (χ1n) is 6.44. The minimum absolute atomic E-state index is 0.163. The molecule has 3 nitrogen and oxygen atoms in total. The third-order valence-corrected chi connectivity index (χ3v) is 4.00. The molecule has 106 valence electrons. The molecule has 0 aliphatic heterocycles. The van der Waals surface area contributed by atoms with E-state index in [-0.39, 0.29) is 5.75 Å². The second-order valence-electron chi connectivity index (χ2n) is 4.49. The molecule has 0 radical (unpaired) electrons. The number of benzene rings is 2. The highest BCUT2D eigenvalue weighted by Gasteiger charge is 2.01. The number of phenols is 1. The van der Waals surface area contributed by atoms with Crippen molar-refractivity contribution in [3.05, 3.63) is 60.4 Å². The molecule has 0 fully saturated rings. The number of hydrogen-bond donors (Lipinski definition) is 1. The SMILES string of the molecule is COc1cc(O)cc(C=COc2cc3ccccc3s2)c1. The zero-order valence-corrected chi connectivity index (χ0v) is 12.3. The number of methoxy groups -OCH3 is 1. The highest BCUT2D eigenvalue weighted by Crippen LogP contribution is 2.31. The van der Waals surface area contributed by atoms with Gasteiger partial charge in [-0.3, -0.25) is 0 Å². The molecule has 3 aromatic rings. The molecule has 0 unspecified atom stereocenters. The first kappa shape index (κ1) is 13.5. The van der Waals surface area contributed by atoms with Gasteiger partial charge in [0.15, 0.2) is 5.06 Å². The molecule has 0 saturated carbocycles. The summed E-state index contributed by atoms with van der Waals surface area (Å²) in [5.74, 6) is 0.771. The van der Waals surface area contributed by atoms with Crippen LogP contribution in [0, 0.1) is 0 Å². The van der Waals surface area contributed by atoms with Crippen LogP contribution in [0.15, 0.2) is 54.8 Å². The van der Waals surface area contributed by atoms with Crippen molar-refractivity contribution in [2.45, 2.75) is 0 Å². The predicted octanol–water partition coefficient (Wildman–Crippen LogP) is 4.67. The maximum atomic E-state index is 9.58. The lowest BCUT2D eigenvalue weighted by Crippen LogP contribution is -1.84. The van der Waals surface area contributed by atoms with Gasteiger partial charge < -0.3 is 14.6 Å². The van der Waals surface area contributed by atoms with Gasteiger partial charge in [-0.15, -0.1) is 0 Å². The van der Waals surface area contributed by atoms with Crippen LogP contribution in [0.1, 0.15) is 5.56 Å². The van der Waals surface area contributed by atoms with Gasteiger partial charge in [-0.05, 0) is 35.2 Å².